The van der Waals surface area contributed by atoms with Gasteiger partial charge in [0.15, 0.2) is 0 Å². The lowest BCUT2D eigenvalue weighted by Gasteiger charge is -2.07. The van der Waals surface area contributed by atoms with E-state index in [1.807, 2.05) is 54.6 Å². The van der Waals surface area contributed by atoms with Crippen molar-refractivity contribution in [3.05, 3.63) is 83.4 Å². The van der Waals surface area contributed by atoms with Gasteiger partial charge in [-0.25, -0.2) is 0 Å². The number of hydrogen-bond acceptors (Lipinski definition) is 2. The van der Waals surface area contributed by atoms with Crippen LogP contribution in [-0.2, 0) is 4.79 Å². The average Bonchev–Trinajstić information content (AvgIpc) is 2.64. The molecule has 1 N–H and O–H groups in total. The minimum atomic E-state index is -0.179. The Kier molecular flexibility index (Phi) is 5.70. The molecule has 0 unspecified atom stereocenters. The zero-order valence-corrected chi connectivity index (χ0v) is 14.4. The standard InChI is InChI=1S/C21H18ClNO2/c22-20-8-4-3-6-17(20)10-12-21(24)23-13-14-25-19-11-9-16-5-1-2-7-18(16)15-19/h1-12,15H,13-14H2,(H,23,24)/b12-10+. The maximum atomic E-state index is 11.8. The molecule has 1 amide bonds. The highest BCUT2D eigenvalue weighted by Gasteiger charge is 1.99. The Bertz CT molecular complexity index is 905. The van der Waals surface area contributed by atoms with E-state index in [0.29, 0.717) is 18.2 Å². The number of fused-ring (bicyclic) bond motifs is 1. The van der Waals surface area contributed by atoms with Crippen molar-refractivity contribution in [2.45, 2.75) is 0 Å². The van der Waals surface area contributed by atoms with Gasteiger partial charge in [-0.2, -0.15) is 0 Å². The quantitative estimate of drug-likeness (QED) is 0.516. The van der Waals surface area contributed by atoms with Gasteiger partial charge in [0.25, 0.3) is 0 Å². The third-order valence-corrected chi connectivity index (χ3v) is 4.05. The fourth-order valence-corrected chi connectivity index (χ4v) is 2.63. The van der Waals surface area contributed by atoms with Crippen LogP contribution in [0.2, 0.25) is 5.02 Å². The first-order valence-corrected chi connectivity index (χ1v) is 8.42. The van der Waals surface area contributed by atoms with E-state index >= 15 is 0 Å². The molecule has 3 aromatic rings. The van der Waals surface area contributed by atoms with Crippen LogP contribution in [-0.4, -0.2) is 19.1 Å². The Labute approximate surface area is 151 Å². The molecule has 0 saturated heterocycles. The molecule has 0 bridgehead atoms. The Balaban J connectivity index is 1.46. The molecular formula is C21H18ClNO2. The van der Waals surface area contributed by atoms with Crippen LogP contribution < -0.4 is 10.1 Å². The minimum absolute atomic E-state index is 0.179. The fraction of sp³-hybridized carbons (Fsp3) is 0.0952. The van der Waals surface area contributed by atoms with Crippen molar-refractivity contribution in [3.63, 3.8) is 0 Å². The molecule has 126 valence electrons. The number of rotatable bonds is 6. The topological polar surface area (TPSA) is 38.3 Å². The van der Waals surface area contributed by atoms with Gasteiger partial charge in [-0.15, -0.1) is 0 Å². The molecule has 0 aliphatic rings. The van der Waals surface area contributed by atoms with Gasteiger partial charge >= 0.3 is 0 Å². The summed E-state index contributed by atoms with van der Waals surface area (Å²) in [5, 5.41) is 5.71. The lowest BCUT2D eigenvalue weighted by molar-refractivity contribution is -0.116. The van der Waals surface area contributed by atoms with Crippen molar-refractivity contribution in [2.75, 3.05) is 13.2 Å². The smallest absolute Gasteiger partial charge is 0.244 e. The van der Waals surface area contributed by atoms with Gasteiger partial charge in [-0.3, -0.25) is 4.79 Å². The maximum absolute atomic E-state index is 11.8. The van der Waals surface area contributed by atoms with E-state index in [4.69, 9.17) is 16.3 Å². The molecule has 3 aromatic carbocycles. The average molecular weight is 352 g/mol. The van der Waals surface area contributed by atoms with Crippen molar-refractivity contribution in [3.8, 4) is 5.75 Å². The number of carbonyl (C=O) groups excluding carboxylic acids is 1. The van der Waals surface area contributed by atoms with Gasteiger partial charge in [-0.05, 0) is 40.6 Å². The van der Waals surface area contributed by atoms with Crippen molar-refractivity contribution >= 4 is 34.4 Å². The van der Waals surface area contributed by atoms with Crippen LogP contribution in [0.4, 0.5) is 0 Å². The summed E-state index contributed by atoms with van der Waals surface area (Å²) in [6, 6.07) is 21.4. The lowest BCUT2D eigenvalue weighted by Crippen LogP contribution is -2.26. The molecule has 0 heterocycles. The van der Waals surface area contributed by atoms with E-state index < -0.39 is 0 Å². The highest BCUT2D eigenvalue weighted by atomic mass is 35.5. The van der Waals surface area contributed by atoms with Crippen LogP contribution in [0.15, 0.2) is 72.8 Å². The highest BCUT2D eigenvalue weighted by molar-refractivity contribution is 6.32. The molecule has 0 atom stereocenters. The molecule has 0 aromatic heterocycles. The van der Waals surface area contributed by atoms with E-state index in [0.717, 1.165) is 16.7 Å². The monoisotopic (exact) mass is 351 g/mol. The molecular weight excluding hydrogens is 334 g/mol. The van der Waals surface area contributed by atoms with E-state index in [2.05, 4.69) is 11.4 Å². The predicted octanol–water partition coefficient (Wildman–Crippen LogP) is 4.70. The van der Waals surface area contributed by atoms with Gasteiger partial charge in [0.05, 0.1) is 6.54 Å². The molecule has 0 fully saturated rings. The van der Waals surface area contributed by atoms with Crippen LogP contribution in [0.3, 0.4) is 0 Å². The SMILES string of the molecule is O=C(/C=C/c1ccccc1Cl)NCCOc1ccc2ccccc2c1. The second-order valence-corrected chi connectivity index (χ2v) is 5.91. The molecule has 0 spiro atoms. The van der Waals surface area contributed by atoms with Gasteiger partial charge in [0.2, 0.25) is 5.91 Å². The molecule has 3 nitrogen and oxygen atoms in total. The molecule has 0 aliphatic carbocycles. The summed E-state index contributed by atoms with van der Waals surface area (Å²) < 4.78 is 5.69. The summed E-state index contributed by atoms with van der Waals surface area (Å²) >= 11 is 6.04. The maximum Gasteiger partial charge on any atom is 0.244 e. The van der Waals surface area contributed by atoms with E-state index in [9.17, 15) is 4.79 Å². The van der Waals surface area contributed by atoms with Crippen molar-refractivity contribution in [2.24, 2.45) is 0 Å². The summed E-state index contributed by atoms with van der Waals surface area (Å²) in [5.41, 5.74) is 0.812. The zero-order chi connectivity index (χ0) is 17.5. The molecule has 3 rings (SSSR count). The summed E-state index contributed by atoms with van der Waals surface area (Å²) in [6.45, 7) is 0.836. The molecule has 25 heavy (non-hydrogen) atoms. The Morgan fingerprint density at radius 3 is 2.60 bits per heavy atom. The third-order valence-electron chi connectivity index (χ3n) is 3.71. The number of benzene rings is 3. The largest absolute Gasteiger partial charge is 0.492 e. The summed E-state index contributed by atoms with van der Waals surface area (Å²) in [4.78, 5) is 11.8. The second kappa shape index (κ2) is 8.36. The van der Waals surface area contributed by atoms with Crippen molar-refractivity contribution in [1.82, 2.24) is 5.32 Å². The van der Waals surface area contributed by atoms with Crippen molar-refractivity contribution < 1.29 is 9.53 Å². The summed E-state index contributed by atoms with van der Waals surface area (Å²) in [7, 11) is 0. The number of nitrogens with one attached hydrogen (secondary N) is 1. The highest BCUT2D eigenvalue weighted by Crippen LogP contribution is 2.20. The first-order valence-electron chi connectivity index (χ1n) is 8.04. The number of halogens is 1. The van der Waals surface area contributed by atoms with E-state index in [1.165, 1.54) is 11.5 Å². The lowest BCUT2D eigenvalue weighted by atomic mass is 10.1. The minimum Gasteiger partial charge on any atom is -0.492 e. The molecule has 4 heteroatoms. The Morgan fingerprint density at radius 2 is 1.76 bits per heavy atom. The van der Waals surface area contributed by atoms with Gasteiger partial charge < -0.3 is 10.1 Å². The normalized spacial score (nSPS) is 10.9. The van der Waals surface area contributed by atoms with Gasteiger partial charge in [-0.1, -0.05) is 60.1 Å². The molecule has 0 radical (unpaired) electrons. The van der Waals surface area contributed by atoms with Crippen LogP contribution in [0.5, 0.6) is 5.75 Å². The van der Waals surface area contributed by atoms with Crippen molar-refractivity contribution in [1.29, 1.82) is 0 Å². The third kappa shape index (κ3) is 4.85. The van der Waals surface area contributed by atoms with Crippen LogP contribution in [0.25, 0.3) is 16.8 Å². The summed E-state index contributed by atoms with van der Waals surface area (Å²) in [6.07, 6.45) is 3.17. The van der Waals surface area contributed by atoms with Gasteiger partial charge in [0.1, 0.15) is 12.4 Å². The van der Waals surface area contributed by atoms with Crippen LogP contribution in [0, 0.1) is 0 Å². The fourth-order valence-electron chi connectivity index (χ4n) is 2.43. The Morgan fingerprint density at radius 1 is 1.00 bits per heavy atom. The number of amides is 1. The zero-order valence-electron chi connectivity index (χ0n) is 13.6. The van der Waals surface area contributed by atoms with E-state index in [-0.39, 0.29) is 5.91 Å². The predicted molar refractivity (Wildman–Crippen MR) is 103 cm³/mol. The van der Waals surface area contributed by atoms with Gasteiger partial charge in [0, 0.05) is 11.1 Å². The van der Waals surface area contributed by atoms with E-state index in [1.54, 1.807) is 12.1 Å². The Hall–Kier alpha value is -2.78. The number of ether oxygens (including phenoxy) is 1. The number of hydrogen-bond donors (Lipinski definition) is 1. The summed E-state index contributed by atoms with van der Waals surface area (Å²) in [5.74, 6) is 0.613. The number of carbonyl (C=O) groups is 1. The van der Waals surface area contributed by atoms with Crippen LogP contribution in [0.1, 0.15) is 5.56 Å². The second-order valence-electron chi connectivity index (χ2n) is 5.50. The van der Waals surface area contributed by atoms with Crippen LogP contribution >= 0.6 is 11.6 Å². The molecule has 0 aliphatic heterocycles. The first kappa shape index (κ1) is 17.1. The molecule has 0 saturated carbocycles. The first-order chi connectivity index (χ1) is 12.2.